The smallest absolute Gasteiger partial charge is 0.0611 e. The third kappa shape index (κ3) is 5.05. The zero-order chi connectivity index (χ0) is 14.5. The first-order chi connectivity index (χ1) is 8.91. The lowest BCUT2D eigenvalue weighted by atomic mass is 9.85. The van der Waals surface area contributed by atoms with Crippen molar-refractivity contribution >= 4 is 0 Å². The number of nitrogens with one attached hydrogen (secondary N) is 1. The summed E-state index contributed by atoms with van der Waals surface area (Å²) >= 11 is 0. The van der Waals surface area contributed by atoms with E-state index < -0.39 is 0 Å². The van der Waals surface area contributed by atoms with Crippen LogP contribution in [0.15, 0.2) is 0 Å². The van der Waals surface area contributed by atoms with E-state index in [1.807, 2.05) is 0 Å². The summed E-state index contributed by atoms with van der Waals surface area (Å²) in [6, 6.07) is 1.24. The number of hydrogen-bond donors (Lipinski definition) is 2. The van der Waals surface area contributed by atoms with Gasteiger partial charge in [-0.05, 0) is 65.5 Å². The topological polar surface area (TPSA) is 35.5 Å². The molecular formula is C16H34N2O. The average Bonchev–Trinajstić information content (AvgIpc) is 2.39. The molecule has 0 amide bonds. The van der Waals surface area contributed by atoms with Gasteiger partial charge in [-0.25, -0.2) is 0 Å². The van der Waals surface area contributed by atoms with Crippen LogP contribution in [0.2, 0.25) is 0 Å². The molecule has 0 aromatic carbocycles. The summed E-state index contributed by atoms with van der Waals surface area (Å²) in [5.41, 5.74) is -0.148. The zero-order valence-electron chi connectivity index (χ0n) is 13.6. The third-order valence-corrected chi connectivity index (χ3v) is 4.96. The molecule has 0 radical (unpaired) electrons. The minimum absolute atomic E-state index is 0.148. The van der Waals surface area contributed by atoms with Crippen molar-refractivity contribution < 1.29 is 5.11 Å². The summed E-state index contributed by atoms with van der Waals surface area (Å²) in [5, 5.41) is 13.0. The molecule has 114 valence electrons. The van der Waals surface area contributed by atoms with Gasteiger partial charge in [0.2, 0.25) is 0 Å². The van der Waals surface area contributed by atoms with E-state index in [9.17, 15) is 5.11 Å². The van der Waals surface area contributed by atoms with Crippen molar-refractivity contribution in [3.05, 3.63) is 0 Å². The highest BCUT2D eigenvalue weighted by atomic mass is 16.3. The minimum atomic E-state index is -0.148. The Morgan fingerprint density at radius 1 is 1.32 bits per heavy atom. The highest BCUT2D eigenvalue weighted by Gasteiger charge is 2.30. The molecule has 0 aliphatic heterocycles. The monoisotopic (exact) mass is 270 g/mol. The van der Waals surface area contributed by atoms with Gasteiger partial charge in [0.25, 0.3) is 0 Å². The molecule has 3 heteroatoms. The maximum Gasteiger partial charge on any atom is 0.0611 e. The van der Waals surface area contributed by atoms with E-state index in [2.05, 4.69) is 45.0 Å². The predicted molar refractivity (Wildman–Crippen MR) is 82.4 cm³/mol. The Morgan fingerprint density at radius 2 is 1.89 bits per heavy atom. The first kappa shape index (κ1) is 16.9. The molecule has 1 fully saturated rings. The molecule has 0 aromatic heterocycles. The number of rotatable bonds is 7. The molecule has 2 N–H and O–H groups in total. The van der Waals surface area contributed by atoms with Crippen molar-refractivity contribution in [2.24, 2.45) is 5.92 Å². The van der Waals surface area contributed by atoms with E-state index in [-0.39, 0.29) is 12.1 Å². The van der Waals surface area contributed by atoms with Gasteiger partial charge >= 0.3 is 0 Å². The lowest BCUT2D eigenvalue weighted by Gasteiger charge is -2.40. The van der Waals surface area contributed by atoms with E-state index in [0.29, 0.717) is 6.04 Å². The van der Waals surface area contributed by atoms with E-state index >= 15 is 0 Å². The summed E-state index contributed by atoms with van der Waals surface area (Å²) in [6.45, 7) is 10.0. The Hall–Kier alpha value is -0.120. The van der Waals surface area contributed by atoms with Crippen LogP contribution in [0.4, 0.5) is 0 Å². The fourth-order valence-corrected chi connectivity index (χ4v) is 3.43. The third-order valence-electron chi connectivity index (χ3n) is 4.96. The number of hydrogen-bond acceptors (Lipinski definition) is 3. The van der Waals surface area contributed by atoms with Crippen LogP contribution in [0.5, 0.6) is 0 Å². The summed E-state index contributed by atoms with van der Waals surface area (Å²) in [4.78, 5) is 2.54. The minimum Gasteiger partial charge on any atom is -0.394 e. The highest BCUT2D eigenvalue weighted by Crippen LogP contribution is 2.28. The number of nitrogens with zero attached hydrogens (tertiary/aromatic N) is 1. The second-order valence-corrected chi connectivity index (χ2v) is 6.88. The molecule has 3 nitrogen and oxygen atoms in total. The van der Waals surface area contributed by atoms with Gasteiger partial charge in [0.15, 0.2) is 0 Å². The van der Waals surface area contributed by atoms with E-state index in [0.717, 1.165) is 24.9 Å². The SMILES string of the molecule is CCNC(C)(CO)CC(C)N(C)C1CCC(C)CC1. The van der Waals surface area contributed by atoms with Gasteiger partial charge in [0.05, 0.1) is 6.61 Å². The van der Waals surface area contributed by atoms with Crippen molar-refractivity contribution in [3.8, 4) is 0 Å². The van der Waals surface area contributed by atoms with Gasteiger partial charge in [-0.2, -0.15) is 0 Å². The standard InChI is InChI=1S/C16H34N2O/c1-6-17-16(4,12-19)11-14(3)18(5)15-9-7-13(2)8-10-15/h13-15,17,19H,6-12H2,1-5H3. The molecule has 1 aliphatic rings. The van der Waals surface area contributed by atoms with Crippen LogP contribution >= 0.6 is 0 Å². The van der Waals surface area contributed by atoms with Crippen molar-refractivity contribution in [2.75, 3.05) is 20.2 Å². The predicted octanol–water partition coefficient (Wildman–Crippen LogP) is 2.64. The van der Waals surface area contributed by atoms with Gasteiger partial charge in [-0.1, -0.05) is 13.8 Å². The van der Waals surface area contributed by atoms with Gasteiger partial charge in [-0.15, -0.1) is 0 Å². The molecular weight excluding hydrogens is 236 g/mol. The average molecular weight is 270 g/mol. The Bertz CT molecular complexity index is 251. The molecule has 2 unspecified atom stereocenters. The summed E-state index contributed by atoms with van der Waals surface area (Å²) in [6.07, 6.45) is 6.40. The first-order valence-electron chi connectivity index (χ1n) is 7.99. The number of aliphatic hydroxyl groups excluding tert-OH is 1. The lowest BCUT2D eigenvalue weighted by Crippen LogP contribution is -2.51. The maximum atomic E-state index is 9.61. The molecule has 1 rings (SSSR count). The van der Waals surface area contributed by atoms with Crippen LogP contribution in [0.25, 0.3) is 0 Å². The van der Waals surface area contributed by atoms with Crippen LogP contribution < -0.4 is 5.32 Å². The molecule has 1 saturated carbocycles. The van der Waals surface area contributed by atoms with Crippen molar-refractivity contribution in [2.45, 2.75) is 77.4 Å². The van der Waals surface area contributed by atoms with Crippen LogP contribution in [0.3, 0.4) is 0 Å². The van der Waals surface area contributed by atoms with Crippen molar-refractivity contribution in [3.63, 3.8) is 0 Å². The number of aliphatic hydroxyl groups is 1. The van der Waals surface area contributed by atoms with Crippen molar-refractivity contribution in [1.29, 1.82) is 0 Å². The fourth-order valence-electron chi connectivity index (χ4n) is 3.43. The molecule has 0 aromatic rings. The molecule has 0 bridgehead atoms. The molecule has 1 aliphatic carbocycles. The fraction of sp³-hybridized carbons (Fsp3) is 1.00. The normalized spacial score (nSPS) is 29.2. The Morgan fingerprint density at radius 3 is 2.37 bits per heavy atom. The van der Waals surface area contributed by atoms with Crippen LogP contribution in [-0.2, 0) is 0 Å². The largest absolute Gasteiger partial charge is 0.394 e. The molecule has 0 saturated heterocycles. The Balaban J connectivity index is 2.49. The first-order valence-corrected chi connectivity index (χ1v) is 7.99. The quantitative estimate of drug-likeness (QED) is 0.746. The van der Waals surface area contributed by atoms with Crippen LogP contribution in [-0.4, -0.2) is 47.8 Å². The Labute approximate surface area is 119 Å². The molecule has 0 heterocycles. The Kier molecular flexibility index (Phi) is 6.78. The molecule has 0 spiro atoms. The second kappa shape index (κ2) is 7.61. The van der Waals surface area contributed by atoms with Crippen LogP contribution in [0.1, 0.15) is 59.8 Å². The van der Waals surface area contributed by atoms with E-state index in [1.165, 1.54) is 25.7 Å². The maximum absolute atomic E-state index is 9.61. The van der Waals surface area contributed by atoms with Gasteiger partial charge < -0.3 is 15.3 Å². The zero-order valence-corrected chi connectivity index (χ0v) is 13.6. The van der Waals surface area contributed by atoms with Gasteiger partial charge in [0.1, 0.15) is 0 Å². The summed E-state index contributed by atoms with van der Waals surface area (Å²) in [5.74, 6) is 0.907. The van der Waals surface area contributed by atoms with Gasteiger partial charge in [0, 0.05) is 17.6 Å². The summed E-state index contributed by atoms with van der Waals surface area (Å²) < 4.78 is 0. The summed E-state index contributed by atoms with van der Waals surface area (Å²) in [7, 11) is 2.26. The second-order valence-electron chi connectivity index (χ2n) is 6.88. The van der Waals surface area contributed by atoms with E-state index in [1.54, 1.807) is 0 Å². The van der Waals surface area contributed by atoms with Gasteiger partial charge in [-0.3, -0.25) is 0 Å². The lowest BCUT2D eigenvalue weighted by molar-refractivity contribution is 0.0867. The molecule has 19 heavy (non-hydrogen) atoms. The van der Waals surface area contributed by atoms with Crippen LogP contribution in [0, 0.1) is 5.92 Å². The number of likely N-dealkylation sites (N-methyl/N-ethyl adjacent to an activating group) is 1. The van der Waals surface area contributed by atoms with E-state index in [4.69, 9.17) is 0 Å². The molecule has 2 atom stereocenters. The highest BCUT2D eigenvalue weighted by molar-refractivity contribution is 4.88. The van der Waals surface area contributed by atoms with Crippen molar-refractivity contribution in [1.82, 2.24) is 10.2 Å².